The first kappa shape index (κ1) is 16.6. The Balaban J connectivity index is 1.73. The average Bonchev–Trinajstić information content (AvgIpc) is 3.02. The lowest BCUT2D eigenvalue weighted by Crippen LogP contribution is -2.51. The number of nitrogens with zero attached hydrogens (tertiary/aromatic N) is 4. The maximum Gasteiger partial charge on any atom is 0.183 e. The number of imidazole rings is 1. The van der Waals surface area contributed by atoms with E-state index in [0.29, 0.717) is 23.0 Å². The predicted octanol–water partition coefficient (Wildman–Crippen LogP) is 1.16. The molecule has 25 heavy (non-hydrogen) atoms. The average molecular weight is 351 g/mol. The molecule has 3 N–H and O–H groups in total. The van der Waals surface area contributed by atoms with Gasteiger partial charge in [0.15, 0.2) is 28.9 Å². The summed E-state index contributed by atoms with van der Waals surface area (Å²) < 4.78 is 22.4. The van der Waals surface area contributed by atoms with Crippen LogP contribution in [0, 0.1) is 0 Å². The molecule has 0 unspecified atom stereocenters. The molecule has 0 aromatic carbocycles. The van der Waals surface area contributed by atoms with Crippen molar-refractivity contribution in [2.24, 2.45) is 0 Å². The van der Waals surface area contributed by atoms with Crippen molar-refractivity contribution in [1.29, 1.82) is 0 Å². The highest BCUT2D eigenvalue weighted by molar-refractivity contribution is 5.82. The molecule has 0 bridgehead atoms. The summed E-state index contributed by atoms with van der Waals surface area (Å²) in [6.07, 6.45) is 3.99. The van der Waals surface area contributed by atoms with Crippen LogP contribution in [0.15, 0.2) is 12.7 Å². The molecule has 4 rings (SSSR count). The van der Waals surface area contributed by atoms with Crippen LogP contribution >= 0.6 is 0 Å². The molecule has 2 aromatic heterocycles. The molecule has 1 aliphatic heterocycles. The number of aliphatic hydroxyl groups is 2. The van der Waals surface area contributed by atoms with Gasteiger partial charge in [0, 0.05) is 6.04 Å². The van der Waals surface area contributed by atoms with Gasteiger partial charge in [0.05, 0.1) is 12.9 Å². The molecule has 136 valence electrons. The molecule has 9 heteroatoms. The van der Waals surface area contributed by atoms with Gasteiger partial charge in [-0.2, -0.15) is 0 Å². The third kappa shape index (κ3) is 2.33. The number of hydrogen-bond acceptors (Lipinski definition) is 7. The second-order valence-corrected chi connectivity index (χ2v) is 7.20. The van der Waals surface area contributed by atoms with Gasteiger partial charge in [0.25, 0.3) is 0 Å². The lowest BCUT2D eigenvalue weighted by atomic mass is 9.85. The van der Waals surface area contributed by atoms with E-state index in [0.717, 1.165) is 12.8 Å². The van der Waals surface area contributed by atoms with E-state index in [-0.39, 0.29) is 0 Å². The summed E-state index contributed by atoms with van der Waals surface area (Å²) in [4.78, 5) is 12.8. The van der Waals surface area contributed by atoms with E-state index in [1.165, 1.54) is 37.5 Å². The molecule has 8 nitrogen and oxygen atoms in total. The van der Waals surface area contributed by atoms with Crippen molar-refractivity contribution in [2.45, 2.75) is 62.8 Å². The zero-order chi connectivity index (χ0) is 17.8. The Kier molecular flexibility index (Phi) is 3.71. The second-order valence-electron chi connectivity index (χ2n) is 7.20. The molecule has 4 atom stereocenters. The summed E-state index contributed by atoms with van der Waals surface area (Å²) in [7, 11) is 0. The van der Waals surface area contributed by atoms with Crippen LogP contribution in [0.4, 0.5) is 10.2 Å². The van der Waals surface area contributed by atoms with Crippen LogP contribution in [0.25, 0.3) is 11.2 Å². The number of aliphatic hydroxyl groups excluding tert-OH is 1. The van der Waals surface area contributed by atoms with Gasteiger partial charge in [-0.05, 0) is 33.1 Å². The Labute approximate surface area is 144 Å². The largest absolute Gasteiger partial charge is 0.394 e. The van der Waals surface area contributed by atoms with E-state index in [9.17, 15) is 10.2 Å². The smallest absolute Gasteiger partial charge is 0.183 e. The van der Waals surface area contributed by atoms with Gasteiger partial charge >= 0.3 is 0 Å². The lowest BCUT2D eigenvalue weighted by Gasteiger charge is -2.32. The molecular formula is C16H22FN5O3. The molecule has 3 heterocycles. The number of ether oxygens (including phenoxy) is 1. The first-order valence-electron chi connectivity index (χ1n) is 8.48. The van der Waals surface area contributed by atoms with Crippen LogP contribution in [0.3, 0.4) is 0 Å². The van der Waals surface area contributed by atoms with E-state index in [1.54, 1.807) is 0 Å². The predicted molar refractivity (Wildman–Crippen MR) is 87.7 cm³/mol. The minimum Gasteiger partial charge on any atom is -0.394 e. The molecule has 2 fully saturated rings. The van der Waals surface area contributed by atoms with Gasteiger partial charge < -0.3 is 20.3 Å². The van der Waals surface area contributed by atoms with Crippen LogP contribution in [0.2, 0.25) is 0 Å². The standard InChI is InChI=1S/C16H22FN5O3/c1-15(17)14(25-10(6-23)16(15,2)24)22-8-20-11-12(18-7-19-13(11)22)21-9-4-3-5-9/h7-10,14,23-24H,3-6H2,1-2H3,(H,18,19,21)/t10-,14-,15+,16+/m1/s1. The van der Waals surface area contributed by atoms with Gasteiger partial charge in [-0.15, -0.1) is 0 Å². The highest BCUT2D eigenvalue weighted by Gasteiger charge is 2.63. The molecule has 1 saturated heterocycles. The van der Waals surface area contributed by atoms with Crippen molar-refractivity contribution in [1.82, 2.24) is 19.5 Å². The molecule has 2 aliphatic rings. The summed E-state index contributed by atoms with van der Waals surface area (Å²) in [5.41, 5.74) is -3.04. The van der Waals surface area contributed by atoms with E-state index in [1.807, 2.05) is 0 Å². The SMILES string of the molecule is C[C@]1(O)[C@@H](CO)O[C@@H](n2cnc3c(NC4CCC4)ncnc32)[C@]1(C)F. The van der Waals surface area contributed by atoms with Crippen molar-refractivity contribution in [2.75, 3.05) is 11.9 Å². The summed E-state index contributed by atoms with van der Waals surface area (Å²) >= 11 is 0. The highest BCUT2D eigenvalue weighted by Crippen LogP contribution is 2.48. The fourth-order valence-corrected chi connectivity index (χ4v) is 3.40. The summed E-state index contributed by atoms with van der Waals surface area (Å²) in [5.74, 6) is 0.609. The molecule has 0 amide bonds. The zero-order valence-corrected chi connectivity index (χ0v) is 14.2. The van der Waals surface area contributed by atoms with Crippen molar-refractivity contribution in [3.8, 4) is 0 Å². The minimum absolute atomic E-state index is 0.372. The van der Waals surface area contributed by atoms with Crippen LogP contribution in [0.5, 0.6) is 0 Å². The van der Waals surface area contributed by atoms with Gasteiger partial charge in [-0.25, -0.2) is 19.3 Å². The minimum atomic E-state index is -2.14. The second kappa shape index (κ2) is 5.58. The third-order valence-electron chi connectivity index (χ3n) is 5.60. The number of alkyl halides is 1. The topological polar surface area (TPSA) is 105 Å². The normalized spacial score (nSPS) is 35.9. The number of hydrogen-bond donors (Lipinski definition) is 3. The van der Waals surface area contributed by atoms with E-state index >= 15 is 4.39 Å². The molecular weight excluding hydrogens is 329 g/mol. The van der Waals surface area contributed by atoms with Gasteiger partial charge in [-0.1, -0.05) is 0 Å². The number of fused-ring (bicyclic) bond motifs is 1. The Bertz CT molecular complexity index is 789. The fraction of sp³-hybridized carbons (Fsp3) is 0.688. The highest BCUT2D eigenvalue weighted by atomic mass is 19.1. The number of anilines is 1. The van der Waals surface area contributed by atoms with Gasteiger partial charge in [-0.3, -0.25) is 4.57 Å². The molecule has 1 saturated carbocycles. The maximum atomic E-state index is 15.4. The summed E-state index contributed by atoms with van der Waals surface area (Å²) in [6.45, 7) is 2.10. The van der Waals surface area contributed by atoms with Crippen molar-refractivity contribution in [3.05, 3.63) is 12.7 Å². The van der Waals surface area contributed by atoms with Crippen molar-refractivity contribution >= 4 is 17.0 Å². The van der Waals surface area contributed by atoms with Crippen LogP contribution in [-0.4, -0.2) is 59.8 Å². The van der Waals surface area contributed by atoms with Crippen molar-refractivity contribution < 1.29 is 19.3 Å². The lowest BCUT2D eigenvalue weighted by molar-refractivity contribution is -0.0891. The maximum absolute atomic E-state index is 15.4. The van der Waals surface area contributed by atoms with Crippen molar-refractivity contribution in [3.63, 3.8) is 0 Å². The number of halogens is 1. The molecule has 0 spiro atoms. The number of rotatable bonds is 4. The van der Waals surface area contributed by atoms with Gasteiger partial charge in [0.2, 0.25) is 0 Å². The number of nitrogens with one attached hydrogen (secondary N) is 1. The Morgan fingerprint density at radius 2 is 2.12 bits per heavy atom. The molecule has 1 aliphatic carbocycles. The fourth-order valence-electron chi connectivity index (χ4n) is 3.40. The Morgan fingerprint density at radius 3 is 2.72 bits per heavy atom. The quantitative estimate of drug-likeness (QED) is 0.759. The zero-order valence-electron chi connectivity index (χ0n) is 14.2. The van der Waals surface area contributed by atoms with Crippen LogP contribution in [-0.2, 0) is 4.74 Å². The van der Waals surface area contributed by atoms with E-state index in [2.05, 4.69) is 20.3 Å². The van der Waals surface area contributed by atoms with Gasteiger partial charge in [0.1, 0.15) is 18.0 Å². The van der Waals surface area contributed by atoms with E-state index < -0.39 is 30.2 Å². The monoisotopic (exact) mass is 351 g/mol. The Hall–Kier alpha value is -1.84. The molecule has 2 aromatic rings. The van der Waals surface area contributed by atoms with Crippen LogP contribution in [0.1, 0.15) is 39.3 Å². The van der Waals surface area contributed by atoms with Crippen LogP contribution < -0.4 is 5.32 Å². The Morgan fingerprint density at radius 1 is 1.36 bits per heavy atom. The first-order chi connectivity index (χ1) is 11.9. The summed E-state index contributed by atoms with van der Waals surface area (Å²) in [6, 6.07) is 0.372. The molecule has 0 radical (unpaired) electrons. The first-order valence-corrected chi connectivity index (χ1v) is 8.48. The van der Waals surface area contributed by atoms with E-state index in [4.69, 9.17) is 4.74 Å². The third-order valence-corrected chi connectivity index (χ3v) is 5.60. The summed E-state index contributed by atoms with van der Waals surface area (Å²) in [5, 5.41) is 23.3. The number of aromatic nitrogens is 4.